The first-order chi connectivity index (χ1) is 10.2. The quantitative estimate of drug-likeness (QED) is 0.788. The van der Waals surface area contributed by atoms with E-state index in [1.54, 1.807) is 18.2 Å². The van der Waals surface area contributed by atoms with Crippen molar-refractivity contribution in [1.82, 2.24) is 4.90 Å². The molecule has 3 rings (SSSR count). The summed E-state index contributed by atoms with van der Waals surface area (Å²) < 4.78 is 11.0. The van der Waals surface area contributed by atoms with Crippen molar-refractivity contribution in [2.75, 3.05) is 26.3 Å². The van der Waals surface area contributed by atoms with E-state index in [-0.39, 0.29) is 5.91 Å². The minimum atomic E-state index is 0.0562. The van der Waals surface area contributed by atoms with Gasteiger partial charge < -0.3 is 14.4 Å². The molecule has 1 amide bonds. The van der Waals surface area contributed by atoms with Gasteiger partial charge in [0.25, 0.3) is 0 Å². The van der Waals surface area contributed by atoms with E-state index in [0.717, 1.165) is 31.5 Å². The van der Waals surface area contributed by atoms with Crippen molar-refractivity contribution < 1.29 is 14.3 Å². The third-order valence-electron chi connectivity index (χ3n) is 3.71. The molecule has 1 aromatic rings. The fraction of sp³-hybridized carbons (Fsp3) is 0.438. The maximum atomic E-state index is 12.1. The Morgan fingerprint density at radius 1 is 1.14 bits per heavy atom. The van der Waals surface area contributed by atoms with E-state index in [0.29, 0.717) is 29.7 Å². The number of benzene rings is 1. The first kappa shape index (κ1) is 14.3. The van der Waals surface area contributed by atoms with E-state index >= 15 is 0 Å². The van der Waals surface area contributed by atoms with E-state index < -0.39 is 0 Å². The van der Waals surface area contributed by atoms with Gasteiger partial charge in [0.2, 0.25) is 5.91 Å². The lowest BCUT2D eigenvalue weighted by molar-refractivity contribution is -0.126. The molecule has 112 valence electrons. The minimum absolute atomic E-state index is 0.0562. The van der Waals surface area contributed by atoms with Crippen LogP contribution in [0.15, 0.2) is 18.2 Å². The van der Waals surface area contributed by atoms with Gasteiger partial charge in [0.15, 0.2) is 11.5 Å². The molecule has 0 bridgehead atoms. The van der Waals surface area contributed by atoms with Crippen LogP contribution in [0.1, 0.15) is 24.8 Å². The lowest BCUT2D eigenvalue weighted by atomic mass is 10.1. The number of fused-ring (bicyclic) bond motifs is 1. The van der Waals surface area contributed by atoms with Crippen LogP contribution in [-0.2, 0) is 4.79 Å². The van der Waals surface area contributed by atoms with Crippen molar-refractivity contribution in [3.05, 3.63) is 28.8 Å². The Labute approximate surface area is 129 Å². The maximum absolute atomic E-state index is 12.1. The van der Waals surface area contributed by atoms with Crippen LogP contribution in [0.2, 0.25) is 5.02 Å². The minimum Gasteiger partial charge on any atom is -0.486 e. The van der Waals surface area contributed by atoms with Crippen molar-refractivity contribution in [2.45, 2.75) is 19.3 Å². The number of amides is 1. The van der Waals surface area contributed by atoms with E-state index in [4.69, 9.17) is 21.1 Å². The van der Waals surface area contributed by atoms with E-state index in [2.05, 4.69) is 0 Å². The van der Waals surface area contributed by atoms with Crippen molar-refractivity contribution in [3.63, 3.8) is 0 Å². The van der Waals surface area contributed by atoms with E-state index in [1.165, 1.54) is 6.42 Å². The zero-order valence-electron chi connectivity index (χ0n) is 11.8. The van der Waals surface area contributed by atoms with Crippen LogP contribution in [0.3, 0.4) is 0 Å². The fourth-order valence-corrected chi connectivity index (χ4v) is 2.89. The van der Waals surface area contributed by atoms with Gasteiger partial charge in [-0.15, -0.1) is 0 Å². The number of halogens is 1. The number of hydrogen-bond acceptors (Lipinski definition) is 3. The molecule has 2 heterocycles. The summed E-state index contributed by atoms with van der Waals surface area (Å²) in [7, 11) is 0. The molecule has 0 atom stereocenters. The summed E-state index contributed by atoms with van der Waals surface area (Å²) in [6.45, 7) is 2.73. The van der Waals surface area contributed by atoms with Crippen molar-refractivity contribution >= 4 is 23.6 Å². The second kappa shape index (κ2) is 6.39. The maximum Gasteiger partial charge on any atom is 0.246 e. The van der Waals surface area contributed by atoms with Crippen molar-refractivity contribution in [1.29, 1.82) is 0 Å². The first-order valence-electron chi connectivity index (χ1n) is 7.30. The molecule has 5 heteroatoms. The number of likely N-dealkylation sites (tertiary alicyclic amines) is 1. The zero-order chi connectivity index (χ0) is 14.7. The van der Waals surface area contributed by atoms with Gasteiger partial charge in [-0.25, -0.2) is 0 Å². The Morgan fingerprint density at radius 3 is 2.71 bits per heavy atom. The van der Waals surface area contributed by atoms with E-state index in [1.807, 2.05) is 11.0 Å². The molecule has 1 saturated heterocycles. The number of carbonyl (C=O) groups excluding carboxylic acids is 1. The topological polar surface area (TPSA) is 38.8 Å². The van der Waals surface area contributed by atoms with Crippen LogP contribution in [0.5, 0.6) is 11.5 Å². The van der Waals surface area contributed by atoms with Gasteiger partial charge in [0, 0.05) is 19.2 Å². The third kappa shape index (κ3) is 3.32. The molecule has 0 saturated carbocycles. The smallest absolute Gasteiger partial charge is 0.246 e. The average Bonchev–Trinajstić information content (AvgIpc) is 2.53. The number of nitrogens with zero attached hydrogens (tertiary/aromatic N) is 1. The normalized spacial score (nSPS) is 18.0. The molecule has 0 aliphatic carbocycles. The standard InChI is InChI=1S/C16H18ClNO3/c17-13-10-12(11-14-16(13)21-9-8-20-14)4-5-15(19)18-6-2-1-3-7-18/h4-5,10-11H,1-3,6-9H2/b5-4+. The predicted octanol–water partition coefficient (Wildman–Crippen LogP) is 3.14. The summed E-state index contributed by atoms with van der Waals surface area (Å²) in [5.41, 5.74) is 0.842. The summed E-state index contributed by atoms with van der Waals surface area (Å²) in [6.07, 6.45) is 6.78. The number of hydrogen-bond donors (Lipinski definition) is 0. The molecule has 2 aliphatic rings. The molecule has 0 aromatic heterocycles. The Kier molecular flexibility index (Phi) is 4.34. The van der Waals surface area contributed by atoms with E-state index in [9.17, 15) is 4.79 Å². The van der Waals surface area contributed by atoms with Crippen molar-refractivity contribution in [2.24, 2.45) is 0 Å². The number of carbonyl (C=O) groups is 1. The molecule has 21 heavy (non-hydrogen) atoms. The molecule has 0 unspecified atom stereocenters. The highest BCUT2D eigenvalue weighted by atomic mass is 35.5. The highest BCUT2D eigenvalue weighted by molar-refractivity contribution is 6.32. The highest BCUT2D eigenvalue weighted by Gasteiger charge is 2.17. The molecular formula is C16H18ClNO3. The van der Waals surface area contributed by atoms with Crippen LogP contribution in [0.4, 0.5) is 0 Å². The van der Waals surface area contributed by atoms with Gasteiger partial charge in [-0.1, -0.05) is 11.6 Å². The molecule has 1 aromatic carbocycles. The van der Waals surface area contributed by atoms with Gasteiger partial charge in [-0.3, -0.25) is 4.79 Å². The lowest BCUT2D eigenvalue weighted by Crippen LogP contribution is -2.34. The van der Waals surface area contributed by atoms with Gasteiger partial charge in [0.05, 0.1) is 5.02 Å². The van der Waals surface area contributed by atoms with Crippen molar-refractivity contribution in [3.8, 4) is 11.5 Å². The summed E-state index contributed by atoms with van der Waals surface area (Å²) in [5.74, 6) is 1.28. The molecule has 4 nitrogen and oxygen atoms in total. The fourth-order valence-electron chi connectivity index (χ4n) is 2.61. The van der Waals surface area contributed by atoms with Crippen LogP contribution < -0.4 is 9.47 Å². The van der Waals surface area contributed by atoms with Gasteiger partial charge >= 0.3 is 0 Å². The van der Waals surface area contributed by atoms with Crippen LogP contribution in [-0.4, -0.2) is 37.1 Å². The lowest BCUT2D eigenvalue weighted by Gasteiger charge is -2.25. The Bertz CT molecular complexity index is 565. The summed E-state index contributed by atoms with van der Waals surface area (Å²) in [6, 6.07) is 3.63. The second-order valence-electron chi connectivity index (χ2n) is 5.25. The first-order valence-corrected chi connectivity index (χ1v) is 7.68. The summed E-state index contributed by atoms with van der Waals surface area (Å²) in [5, 5.41) is 0.511. The zero-order valence-corrected chi connectivity index (χ0v) is 12.6. The summed E-state index contributed by atoms with van der Waals surface area (Å²) >= 11 is 6.18. The van der Waals surface area contributed by atoms with Crippen LogP contribution in [0.25, 0.3) is 6.08 Å². The molecule has 1 fully saturated rings. The second-order valence-corrected chi connectivity index (χ2v) is 5.65. The molecule has 0 radical (unpaired) electrons. The van der Waals surface area contributed by atoms with Gasteiger partial charge in [-0.05, 0) is 43.0 Å². The number of piperidine rings is 1. The average molecular weight is 308 g/mol. The molecule has 0 N–H and O–H groups in total. The highest BCUT2D eigenvalue weighted by Crippen LogP contribution is 2.38. The molecule has 2 aliphatic heterocycles. The largest absolute Gasteiger partial charge is 0.486 e. The Balaban J connectivity index is 1.73. The Hall–Kier alpha value is -1.68. The Morgan fingerprint density at radius 2 is 1.90 bits per heavy atom. The van der Waals surface area contributed by atoms with Gasteiger partial charge in [-0.2, -0.15) is 0 Å². The predicted molar refractivity (Wildman–Crippen MR) is 81.9 cm³/mol. The van der Waals surface area contributed by atoms with Crippen LogP contribution >= 0.6 is 11.6 Å². The van der Waals surface area contributed by atoms with Gasteiger partial charge in [0.1, 0.15) is 13.2 Å². The monoisotopic (exact) mass is 307 g/mol. The third-order valence-corrected chi connectivity index (χ3v) is 3.99. The molecule has 0 spiro atoms. The number of ether oxygens (including phenoxy) is 2. The number of rotatable bonds is 2. The summed E-state index contributed by atoms with van der Waals surface area (Å²) in [4.78, 5) is 14.0. The SMILES string of the molecule is O=C(/C=C/c1cc(Cl)c2c(c1)OCCO2)N1CCCCC1. The van der Waals surface area contributed by atoms with Crippen LogP contribution in [0, 0.1) is 0 Å². The molecular weight excluding hydrogens is 290 g/mol.